The van der Waals surface area contributed by atoms with Gasteiger partial charge in [0, 0.05) is 25.3 Å². The van der Waals surface area contributed by atoms with E-state index in [2.05, 4.69) is 13.2 Å². The Labute approximate surface area is 267 Å². The number of carbonyl (C=O) groups is 3. The second-order valence-electron chi connectivity index (χ2n) is 13.3. The van der Waals surface area contributed by atoms with Crippen LogP contribution in [0.1, 0.15) is 49.8 Å². The summed E-state index contributed by atoms with van der Waals surface area (Å²) in [4.78, 5) is 49.1. The smallest absolute Gasteiger partial charge is 0.253 e. The Balaban J connectivity index is 1.59. The van der Waals surface area contributed by atoms with Gasteiger partial charge in [0.15, 0.2) is 0 Å². The van der Waals surface area contributed by atoms with E-state index in [-0.39, 0.29) is 36.8 Å². The van der Waals surface area contributed by atoms with Crippen molar-refractivity contribution >= 4 is 23.4 Å². The highest BCUT2D eigenvalue weighted by Gasteiger charge is 2.75. The van der Waals surface area contributed by atoms with Crippen LogP contribution in [0.2, 0.25) is 0 Å². The molecule has 1 N–H and O–H groups in total. The molecule has 3 amide bonds. The Hall–Kier alpha value is -3.75. The summed E-state index contributed by atoms with van der Waals surface area (Å²) in [6.07, 6.45) is 4.48. The first-order valence-corrected chi connectivity index (χ1v) is 16.1. The van der Waals surface area contributed by atoms with Crippen LogP contribution < -0.4 is 4.90 Å². The van der Waals surface area contributed by atoms with Gasteiger partial charge >= 0.3 is 0 Å². The zero-order chi connectivity index (χ0) is 32.5. The molecule has 5 rings (SSSR count). The molecule has 8 nitrogen and oxygen atoms in total. The number of aryl methyl sites for hydroxylation is 2. The van der Waals surface area contributed by atoms with E-state index in [1.165, 1.54) is 0 Å². The SMILES string of the molecule is C=CCN(Cc1ccccc1)C(=O)[C@@H]1[C@@H]2CCC3(O2)C(C(=O)N(CC=C)c2cc(C)ccc2C)N([C@@H](CO)CC(C)C)C(=O)[C@H]13. The third-order valence-corrected chi connectivity index (χ3v) is 9.72. The first-order chi connectivity index (χ1) is 21.6. The number of ether oxygens (including phenoxy) is 1. The van der Waals surface area contributed by atoms with Crippen molar-refractivity contribution in [1.82, 2.24) is 9.80 Å². The zero-order valence-electron chi connectivity index (χ0n) is 27.0. The quantitative estimate of drug-likeness (QED) is 0.328. The lowest BCUT2D eigenvalue weighted by molar-refractivity contribution is -0.147. The molecular formula is C37H47N3O5. The molecule has 2 aromatic carbocycles. The van der Waals surface area contributed by atoms with Crippen molar-refractivity contribution in [2.75, 3.05) is 24.6 Å². The monoisotopic (exact) mass is 613 g/mol. The van der Waals surface area contributed by atoms with Crippen molar-refractivity contribution in [1.29, 1.82) is 0 Å². The second kappa shape index (κ2) is 13.3. The Bertz CT molecular complexity index is 1440. The number of likely N-dealkylation sites (tertiary alicyclic amines) is 1. The first kappa shape index (κ1) is 32.6. The van der Waals surface area contributed by atoms with Crippen molar-refractivity contribution in [2.24, 2.45) is 17.8 Å². The van der Waals surface area contributed by atoms with Crippen LogP contribution in [0.3, 0.4) is 0 Å². The van der Waals surface area contributed by atoms with E-state index >= 15 is 0 Å². The van der Waals surface area contributed by atoms with Crippen molar-refractivity contribution in [2.45, 2.75) is 77.3 Å². The van der Waals surface area contributed by atoms with Gasteiger partial charge in [0.1, 0.15) is 11.6 Å². The van der Waals surface area contributed by atoms with Gasteiger partial charge in [-0.3, -0.25) is 14.4 Å². The molecule has 240 valence electrons. The van der Waals surface area contributed by atoms with Crippen LogP contribution in [0.25, 0.3) is 0 Å². The summed E-state index contributed by atoms with van der Waals surface area (Å²) in [6.45, 7) is 16.5. The van der Waals surface area contributed by atoms with Crippen LogP contribution in [0, 0.1) is 31.6 Å². The van der Waals surface area contributed by atoms with Crippen LogP contribution in [0.15, 0.2) is 73.8 Å². The first-order valence-electron chi connectivity index (χ1n) is 16.1. The molecule has 8 heteroatoms. The maximum Gasteiger partial charge on any atom is 0.253 e. The predicted octanol–water partition coefficient (Wildman–Crippen LogP) is 4.82. The molecule has 2 aromatic rings. The minimum Gasteiger partial charge on any atom is -0.394 e. The second-order valence-corrected chi connectivity index (χ2v) is 13.3. The van der Waals surface area contributed by atoms with E-state index in [9.17, 15) is 19.5 Å². The lowest BCUT2D eigenvalue weighted by atomic mass is 9.70. The molecule has 2 unspecified atom stereocenters. The number of fused-ring (bicyclic) bond motifs is 1. The van der Waals surface area contributed by atoms with E-state index in [0.29, 0.717) is 32.4 Å². The summed E-state index contributed by atoms with van der Waals surface area (Å²) < 4.78 is 6.76. The number of hydrogen-bond donors (Lipinski definition) is 1. The summed E-state index contributed by atoms with van der Waals surface area (Å²) in [5.74, 6) is -2.13. The molecule has 0 saturated carbocycles. The lowest BCUT2D eigenvalue weighted by Crippen LogP contribution is -2.59. The number of benzene rings is 2. The van der Waals surface area contributed by atoms with E-state index in [0.717, 1.165) is 22.4 Å². The van der Waals surface area contributed by atoms with E-state index in [1.807, 2.05) is 76.2 Å². The number of amides is 3. The number of rotatable bonds is 13. The molecule has 0 radical (unpaired) electrons. The Morgan fingerprint density at radius 3 is 2.44 bits per heavy atom. The van der Waals surface area contributed by atoms with Crippen molar-refractivity contribution in [3.8, 4) is 0 Å². The molecule has 1 spiro atoms. The number of nitrogens with zero attached hydrogens (tertiary/aromatic N) is 3. The topological polar surface area (TPSA) is 90.4 Å². The fourth-order valence-corrected chi connectivity index (χ4v) is 7.86. The highest BCUT2D eigenvalue weighted by atomic mass is 16.5. The Morgan fingerprint density at radius 1 is 1.09 bits per heavy atom. The van der Waals surface area contributed by atoms with Gasteiger partial charge in [-0.2, -0.15) is 0 Å². The average Bonchev–Trinajstić information content (AvgIpc) is 3.67. The van der Waals surface area contributed by atoms with E-state index in [1.54, 1.807) is 26.9 Å². The van der Waals surface area contributed by atoms with E-state index < -0.39 is 35.6 Å². The van der Waals surface area contributed by atoms with Gasteiger partial charge in [-0.25, -0.2) is 0 Å². The highest BCUT2D eigenvalue weighted by molar-refractivity contribution is 6.05. The minimum atomic E-state index is -1.17. The fraction of sp³-hybridized carbons (Fsp3) is 0.486. The molecule has 3 saturated heterocycles. The lowest BCUT2D eigenvalue weighted by Gasteiger charge is -2.40. The summed E-state index contributed by atoms with van der Waals surface area (Å²) in [5.41, 5.74) is 2.48. The highest BCUT2D eigenvalue weighted by Crippen LogP contribution is 2.59. The molecule has 2 bridgehead atoms. The molecule has 3 heterocycles. The van der Waals surface area contributed by atoms with Crippen LogP contribution in [0.4, 0.5) is 5.69 Å². The van der Waals surface area contributed by atoms with Gasteiger partial charge in [-0.05, 0) is 61.8 Å². The van der Waals surface area contributed by atoms with Crippen LogP contribution in [-0.4, -0.2) is 76.1 Å². The van der Waals surface area contributed by atoms with Gasteiger partial charge < -0.3 is 24.5 Å². The molecule has 6 atom stereocenters. The van der Waals surface area contributed by atoms with Crippen molar-refractivity contribution in [3.05, 3.63) is 90.5 Å². The summed E-state index contributed by atoms with van der Waals surface area (Å²) in [7, 11) is 0. The molecule has 45 heavy (non-hydrogen) atoms. The summed E-state index contributed by atoms with van der Waals surface area (Å²) in [6, 6.07) is 14.1. The molecule has 0 aliphatic carbocycles. The normalized spacial score (nSPS) is 25.7. The Morgan fingerprint density at radius 2 is 1.80 bits per heavy atom. The standard InChI is InChI=1S/C37H47N3O5/c1-7-18-38(22-27-12-10-9-11-13-27)34(42)31-30-16-17-37(45-30)32(31)35(43)40(28(23-41)20-24(3)4)33(37)36(44)39(19-8-2)29-21-25(5)14-15-26(29)6/h7-15,21,24,28,30-33,41H,1-2,16-20,22-23H2,3-6H3/t28-,30+,31-,32+,33?,37?/m1/s1. The zero-order valence-corrected chi connectivity index (χ0v) is 27.0. The number of aliphatic hydroxyl groups is 1. The van der Waals surface area contributed by atoms with Crippen molar-refractivity contribution < 1.29 is 24.2 Å². The molecule has 3 aliphatic rings. The third-order valence-electron chi connectivity index (χ3n) is 9.72. The van der Waals surface area contributed by atoms with Crippen LogP contribution >= 0.6 is 0 Å². The van der Waals surface area contributed by atoms with Crippen LogP contribution in [0.5, 0.6) is 0 Å². The maximum absolute atomic E-state index is 15.0. The van der Waals surface area contributed by atoms with Crippen molar-refractivity contribution in [3.63, 3.8) is 0 Å². The number of carbonyl (C=O) groups excluding carboxylic acids is 3. The van der Waals surface area contributed by atoms with Crippen LogP contribution in [-0.2, 0) is 25.7 Å². The number of aliphatic hydroxyl groups excluding tert-OH is 1. The summed E-state index contributed by atoms with van der Waals surface area (Å²) in [5, 5.41) is 10.7. The average molecular weight is 614 g/mol. The van der Waals surface area contributed by atoms with Gasteiger partial charge in [0.05, 0.1) is 30.6 Å². The molecule has 3 fully saturated rings. The molecular weight excluding hydrogens is 566 g/mol. The van der Waals surface area contributed by atoms with Gasteiger partial charge in [0.2, 0.25) is 11.8 Å². The van der Waals surface area contributed by atoms with E-state index in [4.69, 9.17) is 4.74 Å². The molecule has 0 aromatic heterocycles. The number of hydrogen-bond acceptors (Lipinski definition) is 5. The fourth-order valence-electron chi connectivity index (χ4n) is 7.86. The van der Waals surface area contributed by atoms with Gasteiger partial charge in [-0.15, -0.1) is 13.2 Å². The number of anilines is 1. The van der Waals surface area contributed by atoms with Gasteiger partial charge in [-0.1, -0.05) is 68.5 Å². The molecule has 3 aliphatic heterocycles. The minimum absolute atomic E-state index is 0.163. The maximum atomic E-state index is 15.0. The predicted molar refractivity (Wildman–Crippen MR) is 175 cm³/mol. The largest absolute Gasteiger partial charge is 0.394 e. The van der Waals surface area contributed by atoms with Gasteiger partial charge in [0.25, 0.3) is 5.91 Å². The Kier molecular flexibility index (Phi) is 9.65. The third kappa shape index (κ3) is 5.86. The summed E-state index contributed by atoms with van der Waals surface area (Å²) >= 11 is 0.